The van der Waals surface area contributed by atoms with Crippen molar-refractivity contribution in [1.29, 1.82) is 0 Å². The summed E-state index contributed by atoms with van der Waals surface area (Å²) in [7, 11) is 1.40. The Labute approximate surface area is 116 Å². The second-order valence-corrected chi connectivity index (χ2v) is 4.55. The number of ether oxygens (including phenoxy) is 1. The Balaban J connectivity index is 2.26. The van der Waals surface area contributed by atoms with Gasteiger partial charge in [-0.25, -0.2) is 0 Å². The topological polar surface area (TPSA) is 71.2 Å². The predicted octanol–water partition coefficient (Wildman–Crippen LogP) is 2.25. The van der Waals surface area contributed by atoms with E-state index in [4.69, 9.17) is 4.74 Å². The summed E-state index contributed by atoms with van der Waals surface area (Å²) in [5, 5.41) is 2.78. The molecule has 0 bridgehead atoms. The first-order chi connectivity index (χ1) is 9.51. The summed E-state index contributed by atoms with van der Waals surface area (Å²) in [5.41, 5.74) is 2.59. The third-order valence-electron chi connectivity index (χ3n) is 2.98. The molecule has 1 amide bonds. The first-order valence-electron chi connectivity index (χ1n) is 6.16. The van der Waals surface area contributed by atoms with Crippen molar-refractivity contribution in [1.82, 2.24) is 4.98 Å². The largest absolute Gasteiger partial charge is 0.491 e. The molecule has 0 fully saturated rings. The van der Waals surface area contributed by atoms with Gasteiger partial charge in [0.25, 0.3) is 5.91 Å². The summed E-state index contributed by atoms with van der Waals surface area (Å²) in [4.78, 5) is 26.5. The second-order valence-electron chi connectivity index (χ2n) is 4.55. The molecule has 2 aromatic rings. The maximum Gasteiger partial charge on any atom is 0.272 e. The standard InChI is InChI=1S/C15H16N2O3/c1-9-4-5-10(2)11(6-9)17-15(19)12-7-13(18)14(20-3)8-16-12/h4-8H,1-3H3,(H,16,18)(H,17,19). The van der Waals surface area contributed by atoms with Crippen molar-refractivity contribution in [3.8, 4) is 5.75 Å². The Kier molecular flexibility index (Phi) is 3.89. The van der Waals surface area contributed by atoms with Crippen LogP contribution in [0.5, 0.6) is 5.75 Å². The molecule has 0 unspecified atom stereocenters. The van der Waals surface area contributed by atoms with Crippen LogP contribution in [0, 0.1) is 13.8 Å². The number of hydrogen-bond acceptors (Lipinski definition) is 3. The van der Waals surface area contributed by atoms with Gasteiger partial charge in [0.05, 0.1) is 7.11 Å². The first-order valence-corrected chi connectivity index (χ1v) is 6.16. The number of carbonyl (C=O) groups excluding carboxylic acids is 1. The number of pyridine rings is 1. The summed E-state index contributed by atoms with van der Waals surface area (Å²) in [6, 6.07) is 7.01. The van der Waals surface area contributed by atoms with E-state index >= 15 is 0 Å². The minimum absolute atomic E-state index is 0.174. The lowest BCUT2D eigenvalue weighted by atomic mass is 10.1. The molecule has 0 spiro atoms. The van der Waals surface area contributed by atoms with E-state index in [9.17, 15) is 9.59 Å². The van der Waals surface area contributed by atoms with Crippen LogP contribution in [0.2, 0.25) is 0 Å². The average Bonchev–Trinajstić information content (AvgIpc) is 2.42. The van der Waals surface area contributed by atoms with E-state index in [1.807, 2.05) is 32.0 Å². The van der Waals surface area contributed by atoms with Crippen molar-refractivity contribution < 1.29 is 9.53 Å². The van der Waals surface area contributed by atoms with Crippen LogP contribution in [0.25, 0.3) is 0 Å². The number of amides is 1. The van der Waals surface area contributed by atoms with E-state index in [0.717, 1.165) is 16.8 Å². The molecule has 104 valence electrons. The fourth-order valence-electron chi connectivity index (χ4n) is 1.81. The highest BCUT2D eigenvalue weighted by molar-refractivity contribution is 6.03. The number of benzene rings is 1. The zero-order valence-electron chi connectivity index (χ0n) is 11.6. The summed E-state index contributed by atoms with van der Waals surface area (Å²) in [6.45, 7) is 3.86. The van der Waals surface area contributed by atoms with Gasteiger partial charge in [-0.05, 0) is 31.0 Å². The molecule has 1 heterocycles. The molecule has 20 heavy (non-hydrogen) atoms. The van der Waals surface area contributed by atoms with Crippen LogP contribution < -0.4 is 15.5 Å². The van der Waals surface area contributed by atoms with E-state index in [1.165, 1.54) is 19.4 Å². The molecule has 0 saturated heterocycles. The Morgan fingerprint density at radius 3 is 2.65 bits per heavy atom. The molecule has 0 radical (unpaired) electrons. The van der Waals surface area contributed by atoms with Gasteiger partial charge in [0, 0.05) is 18.0 Å². The van der Waals surface area contributed by atoms with Crippen LogP contribution in [0.3, 0.4) is 0 Å². The van der Waals surface area contributed by atoms with Crippen molar-refractivity contribution in [2.24, 2.45) is 0 Å². The predicted molar refractivity (Wildman–Crippen MR) is 77.5 cm³/mol. The van der Waals surface area contributed by atoms with E-state index < -0.39 is 0 Å². The molecule has 0 aliphatic carbocycles. The fourth-order valence-corrected chi connectivity index (χ4v) is 1.81. The number of H-pyrrole nitrogens is 1. The number of aryl methyl sites for hydroxylation is 2. The Hall–Kier alpha value is -2.56. The third-order valence-corrected chi connectivity index (χ3v) is 2.98. The van der Waals surface area contributed by atoms with Crippen LogP contribution in [0.4, 0.5) is 5.69 Å². The van der Waals surface area contributed by atoms with Gasteiger partial charge in [0.15, 0.2) is 5.75 Å². The average molecular weight is 272 g/mol. The highest BCUT2D eigenvalue weighted by Gasteiger charge is 2.10. The number of hydrogen-bond donors (Lipinski definition) is 2. The van der Waals surface area contributed by atoms with Crippen molar-refractivity contribution in [2.75, 3.05) is 12.4 Å². The number of carbonyl (C=O) groups is 1. The van der Waals surface area contributed by atoms with Crippen LogP contribution in [0.1, 0.15) is 21.6 Å². The van der Waals surface area contributed by atoms with E-state index in [-0.39, 0.29) is 22.8 Å². The molecule has 5 heteroatoms. The normalized spacial score (nSPS) is 10.2. The number of rotatable bonds is 3. The third kappa shape index (κ3) is 2.88. The van der Waals surface area contributed by atoms with Crippen LogP contribution in [-0.2, 0) is 0 Å². The van der Waals surface area contributed by atoms with Gasteiger partial charge in [0.1, 0.15) is 5.69 Å². The number of aromatic amines is 1. The minimum atomic E-state index is -0.363. The van der Waals surface area contributed by atoms with Gasteiger partial charge in [-0.2, -0.15) is 0 Å². The quantitative estimate of drug-likeness (QED) is 0.900. The van der Waals surface area contributed by atoms with Crippen LogP contribution >= 0.6 is 0 Å². The van der Waals surface area contributed by atoms with Crippen LogP contribution in [-0.4, -0.2) is 18.0 Å². The summed E-state index contributed by atoms with van der Waals surface area (Å²) < 4.78 is 4.86. The van der Waals surface area contributed by atoms with E-state index in [1.54, 1.807) is 0 Å². The highest BCUT2D eigenvalue weighted by atomic mass is 16.5. The summed E-state index contributed by atoms with van der Waals surface area (Å²) in [5.74, 6) is -0.188. The van der Waals surface area contributed by atoms with Crippen molar-refractivity contribution in [3.63, 3.8) is 0 Å². The Bertz CT molecular complexity index is 705. The van der Waals surface area contributed by atoms with Crippen molar-refractivity contribution in [2.45, 2.75) is 13.8 Å². The Morgan fingerprint density at radius 2 is 2.00 bits per heavy atom. The van der Waals surface area contributed by atoms with Gasteiger partial charge in [0.2, 0.25) is 5.43 Å². The number of aromatic nitrogens is 1. The molecule has 2 N–H and O–H groups in total. The highest BCUT2D eigenvalue weighted by Crippen LogP contribution is 2.17. The molecule has 0 aliphatic heterocycles. The molecular weight excluding hydrogens is 256 g/mol. The Morgan fingerprint density at radius 1 is 1.25 bits per heavy atom. The number of anilines is 1. The fraction of sp³-hybridized carbons (Fsp3) is 0.200. The molecule has 0 atom stereocenters. The zero-order chi connectivity index (χ0) is 14.7. The summed E-state index contributed by atoms with van der Waals surface area (Å²) >= 11 is 0. The van der Waals surface area contributed by atoms with Crippen molar-refractivity contribution in [3.05, 3.63) is 57.5 Å². The van der Waals surface area contributed by atoms with Crippen molar-refractivity contribution >= 4 is 11.6 Å². The minimum Gasteiger partial charge on any atom is -0.491 e. The lowest BCUT2D eigenvalue weighted by Gasteiger charge is -2.09. The SMILES string of the molecule is COc1c[nH]c(C(=O)Nc2cc(C)ccc2C)cc1=O. The molecule has 1 aromatic heterocycles. The second kappa shape index (κ2) is 5.61. The number of nitrogens with one attached hydrogen (secondary N) is 2. The van der Waals surface area contributed by atoms with Crippen LogP contribution in [0.15, 0.2) is 35.3 Å². The van der Waals surface area contributed by atoms with Gasteiger partial charge >= 0.3 is 0 Å². The lowest BCUT2D eigenvalue weighted by Crippen LogP contribution is -2.17. The maximum absolute atomic E-state index is 12.1. The smallest absolute Gasteiger partial charge is 0.272 e. The lowest BCUT2D eigenvalue weighted by molar-refractivity contribution is 0.102. The molecule has 0 aliphatic rings. The van der Waals surface area contributed by atoms with E-state index in [0.29, 0.717) is 0 Å². The molecular formula is C15H16N2O3. The maximum atomic E-state index is 12.1. The molecule has 5 nitrogen and oxygen atoms in total. The van der Waals surface area contributed by atoms with Gasteiger partial charge in [-0.3, -0.25) is 9.59 Å². The number of methoxy groups -OCH3 is 1. The molecule has 1 aromatic carbocycles. The molecule has 0 saturated carbocycles. The van der Waals surface area contributed by atoms with Gasteiger partial charge in [-0.15, -0.1) is 0 Å². The monoisotopic (exact) mass is 272 g/mol. The van der Waals surface area contributed by atoms with Gasteiger partial charge in [-0.1, -0.05) is 12.1 Å². The van der Waals surface area contributed by atoms with E-state index in [2.05, 4.69) is 10.3 Å². The zero-order valence-corrected chi connectivity index (χ0v) is 11.6. The first kappa shape index (κ1) is 13.9. The summed E-state index contributed by atoms with van der Waals surface area (Å²) in [6.07, 6.45) is 1.38. The van der Waals surface area contributed by atoms with Gasteiger partial charge < -0.3 is 15.0 Å². The molecule has 2 rings (SSSR count).